The third-order valence-corrected chi connectivity index (χ3v) is 3.54. The monoisotopic (exact) mass is 383 g/mol. The first-order valence-electron chi connectivity index (χ1n) is 7.62. The van der Waals surface area contributed by atoms with Gasteiger partial charge in [0.1, 0.15) is 0 Å². The molecule has 0 radical (unpaired) electrons. The highest BCUT2D eigenvalue weighted by Gasteiger charge is 2.30. The number of aromatic hydroxyl groups is 1. The van der Waals surface area contributed by atoms with Gasteiger partial charge in [-0.25, -0.2) is 0 Å². The number of aryl methyl sites for hydroxylation is 1. The maximum atomic E-state index is 11.2. The number of aromatic nitrogens is 2. The zero-order chi connectivity index (χ0) is 20.9. The second kappa shape index (κ2) is 8.55. The molecule has 0 saturated carbocycles. The van der Waals surface area contributed by atoms with E-state index in [1.807, 2.05) is 25.5 Å². The molecular weight excluding hydrogens is 366 g/mol. The lowest BCUT2D eigenvalue weighted by molar-refractivity contribution is -0.404. The topological polar surface area (TPSA) is 177 Å². The minimum atomic E-state index is -1.21. The SMILES string of the molecule is CCn1c(C)cc(=O)n1CC.O=[N+]([O-])c1cc([N+](=O)[O-])c(O)c([N+](=O)[O-])c1. The van der Waals surface area contributed by atoms with E-state index in [2.05, 4.69) is 0 Å². The van der Waals surface area contributed by atoms with Crippen LogP contribution in [0.5, 0.6) is 5.75 Å². The van der Waals surface area contributed by atoms with Crippen LogP contribution in [0.4, 0.5) is 17.1 Å². The summed E-state index contributed by atoms with van der Waals surface area (Å²) in [6.07, 6.45) is 0. The van der Waals surface area contributed by atoms with Crippen molar-refractivity contribution >= 4 is 17.1 Å². The van der Waals surface area contributed by atoms with Crippen LogP contribution in [0.3, 0.4) is 0 Å². The minimum absolute atomic E-state index is 0.104. The fraction of sp³-hybridized carbons (Fsp3) is 0.357. The van der Waals surface area contributed by atoms with Gasteiger partial charge in [0.2, 0.25) is 0 Å². The van der Waals surface area contributed by atoms with Gasteiger partial charge in [-0.2, -0.15) is 0 Å². The summed E-state index contributed by atoms with van der Waals surface area (Å²) in [4.78, 5) is 39.0. The number of benzene rings is 1. The highest BCUT2D eigenvalue weighted by molar-refractivity contribution is 5.64. The molecule has 13 heteroatoms. The van der Waals surface area contributed by atoms with E-state index in [1.165, 1.54) is 0 Å². The molecule has 1 heterocycles. The number of hydrogen-bond acceptors (Lipinski definition) is 8. The third-order valence-electron chi connectivity index (χ3n) is 3.54. The molecule has 0 aliphatic heterocycles. The van der Waals surface area contributed by atoms with Gasteiger partial charge in [0.05, 0.1) is 26.9 Å². The van der Waals surface area contributed by atoms with E-state index in [0.717, 1.165) is 18.8 Å². The standard InChI is InChI=1S/C8H14N2O.C6H3N3O7/c1-4-9-7(3)6-8(11)10(9)5-2;10-6-4(8(13)14)1-3(7(11)12)2-5(6)9(15)16/h6H,4-5H2,1-3H3;1-2,10H. The molecule has 27 heavy (non-hydrogen) atoms. The molecule has 1 N–H and O–H groups in total. The summed E-state index contributed by atoms with van der Waals surface area (Å²) in [6.45, 7) is 7.59. The summed E-state index contributed by atoms with van der Waals surface area (Å²) < 4.78 is 3.73. The van der Waals surface area contributed by atoms with Crippen LogP contribution in [0.25, 0.3) is 0 Å². The van der Waals surface area contributed by atoms with Crippen LogP contribution in [0.15, 0.2) is 23.0 Å². The highest BCUT2D eigenvalue weighted by Crippen LogP contribution is 2.38. The Morgan fingerprint density at radius 2 is 1.33 bits per heavy atom. The molecule has 0 atom stereocenters. The minimum Gasteiger partial charge on any atom is -0.497 e. The van der Waals surface area contributed by atoms with Gasteiger partial charge in [-0.3, -0.25) is 44.5 Å². The van der Waals surface area contributed by atoms with Crippen LogP contribution < -0.4 is 5.56 Å². The van der Waals surface area contributed by atoms with Crippen LogP contribution in [0.1, 0.15) is 19.5 Å². The van der Waals surface area contributed by atoms with Crippen molar-refractivity contribution in [2.45, 2.75) is 33.9 Å². The van der Waals surface area contributed by atoms with Crippen molar-refractivity contribution in [2.75, 3.05) is 0 Å². The summed E-state index contributed by atoms with van der Waals surface area (Å²) in [5, 5.41) is 40.2. The Labute approximate surface area is 151 Å². The lowest BCUT2D eigenvalue weighted by Gasteiger charge is -2.08. The van der Waals surface area contributed by atoms with E-state index in [1.54, 1.807) is 10.7 Å². The summed E-state index contributed by atoms with van der Waals surface area (Å²) in [6, 6.07) is 2.57. The predicted molar refractivity (Wildman–Crippen MR) is 92.8 cm³/mol. The van der Waals surface area contributed by atoms with Crippen molar-refractivity contribution in [1.82, 2.24) is 9.36 Å². The van der Waals surface area contributed by atoms with Crippen LogP contribution in [-0.2, 0) is 13.1 Å². The van der Waals surface area contributed by atoms with Gasteiger partial charge >= 0.3 is 11.4 Å². The van der Waals surface area contributed by atoms with Gasteiger partial charge < -0.3 is 5.11 Å². The van der Waals surface area contributed by atoms with Crippen LogP contribution in [-0.4, -0.2) is 29.2 Å². The Kier molecular flexibility index (Phi) is 6.74. The first kappa shape index (κ1) is 21.3. The molecule has 0 spiro atoms. The van der Waals surface area contributed by atoms with E-state index >= 15 is 0 Å². The summed E-state index contributed by atoms with van der Waals surface area (Å²) in [7, 11) is 0. The fourth-order valence-corrected chi connectivity index (χ4v) is 2.36. The lowest BCUT2D eigenvalue weighted by Crippen LogP contribution is -2.21. The summed E-state index contributed by atoms with van der Waals surface area (Å²) in [5.41, 5.74) is -1.86. The first-order chi connectivity index (χ1) is 12.5. The lowest BCUT2D eigenvalue weighted by atomic mass is 10.2. The van der Waals surface area contributed by atoms with Crippen LogP contribution >= 0.6 is 0 Å². The average molecular weight is 383 g/mol. The van der Waals surface area contributed by atoms with Gasteiger partial charge in [-0.05, 0) is 20.8 Å². The van der Waals surface area contributed by atoms with Crippen molar-refractivity contribution < 1.29 is 19.9 Å². The predicted octanol–water partition coefficient (Wildman–Crippen LogP) is 2.11. The number of nitrogens with zero attached hydrogens (tertiary/aromatic N) is 5. The highest BCUT2D eigenvalue weighted by atomic mass is 16.6. The van der Waals surface area contributed by atoms with E-state index in [-0.39, 0.29) is 5.56 Å². The first-order valence-corrected chi connectivity index (χ1v) is 7.62. The van der Waals surface area contributed by atoms with Gasteiger partial charge in [-0.15, -0.1) is 0 Å². The van der Waals surface area contributed by atoms with E-state index in [9.17, 15) is 35.1 Å². The summed E-state index contributed by atoms with van der Waals surface area (Å²) in [5.74, 6) is -1.21. The van der Waals surface area contributed by atoms with Crippen molar-refractivity contribution in [3.05, 3.63) is 64.6 Å². The van der Waals surface area contributed by atoms with Crippen molar-refractivity contribution in [1.29, 1.82) is 0 Å². The normalized spacial score (nSPS) is 10.0. The molecular formula is C14H17N5O8. The molecule has 0 bridgehead atoms. The van der Waals surface area contributed by atoms with Crippen LogP contribution in [0, 0.1) is 37.3 Å². The van der Waals surface area contributed by atoms with Gasteiger partial charge in [-0.1, -0.05) is 0 Å². The fourth-order valence-electron chi connectivity index (χ4n) is 2.36. The number of non-ortho nitro benzene ring substituents is 1. The average Bonchev–Trinajstić information content (AvgIpc) is 2.87. The third kappa shape index (κ3) is 4.65. The zero-order valence-corrected chi connectivity index (χ0v) is 14.7. The molecule has 2 rings (SSSR count). The number of phenolic OH excluding ortho intramolecular Hbond substituents is 1. The molecule has 0 aliphatic carbocycles. The zero-order valence-electron chi connectivity index (χ0n) is 14.7. The Morgan fingerprint density at radius 1 is 0.889 bits per heavy atom. The van der Waals surface area contributed by atoms with Gasteiger partial charge in [0.15, 0.2) is 0 Å². The maximum absolute atomic E-state index is 11.2. The summed E-state index contributed by atoms with van der Waals surface area (Å²) >= 11 is 0. The Balaban J connectivity index is 0.000000289. The molecule has 1 aromatic heterocycles. The number of rotatable bonds is 5. The molecule has 0 aliphatic rings. The van der Waals surface area contributed by atoms with Crippen molar-refractivity contribution in [3.8, 4) is 5.75 Å². The van der Waals surface area contributed by atoms with Gasteiger partial charge in [0.25, 0.3) is 17.0 Å². The molecule has 1 aromatic carbocycles. The molecule has 2 aromatic rings. The Hall–Kier alpha value is -3.77. The van der Waals surface area contributed by atoms with Crippen molar-refractivity contribution in [3.63, 3.8) is 0 Å². The quantitative estimate of drug-likeness (QED) is 0.602. The molecule has 0 saturated heterocycles. The molecule has 13 nitrogen and oxygen atoms in total. The molecule has 0 fully saturated rings. The molecule has 0 unspecified atom stereocenters. The second-order valence-electron chi connectivity index (χ2n) is 5.16. The molecule has 146 valence electrons. The van der Waals surface area contributed by atoms with E-state index < -0.39 is 37.6 Å². The number of nitro groups is 3. The van der Waals surface area contributed by atoms with Crippen LogP contribution in [0.2, 0.25) is 0 Å². The number of hydrogen-bond donors (Lipinski definition) is 1. The Bertz CT molecular complexity index is 910. The number of nitro benzene ring substituents is 3. The largest absolute Gasteiger partial charge is 0.497 e. The molecule has 0 amide bonds. The number of phenols is 1. The van der Waals surface area contributed by atoms with E-state index in [0.29, 0.717) is 12.1 Å². The smallest absolute Gasteiger partial charge is 0.324 e. The maximum Gasteiger partial charge on any atom is 0.324 e. The second-order valence-corrected chi connectivity index (χ2v) is 5.16. The van der Waals surface area contributed by atoms with Crippen molar-refractivity contribution in [2.24, 2.45) is 0 Å². The Morgan fingerprint density at radius 3 is 1.63 bits per heavy atom. The van der Waals surface area contributed by atoms with Gasteiger partial charge in [0, 0.05) is 24.8 Å². The van der Waals surface area contributed by atoms with E-state index in [4.69, 9.17) is 5.11 Å².